The molecule has 2 rings (SSSR count). The van der Waals surface area contributed by atoms with E-state index in [2.05, 4.69) is 71.4 Å². The molecule has 4 nitrogen and oxygen atoms in total. The zero-order valence-electron chi connectivity index (χ0n) is 12.9. The maximum absolute atomic E-state index is 4.47. The lowest BCUT2D eigenvalue weighted by molar-refractivity contribution is 0.443. The van der Waals surface area contributed by atoms with Crippen molar-refractivity contribution in [1.29, 1.82) is 0 Å². The third kappa shape index (κ3) is 4.15. The quantitative estimate of drug-likeness (QED) is 0.873. The van der Waals surface area contributed by atoms with Gasteiger partial charge < -0.3 is 5.32 Å². The van der Waals surface area contributed by atoms with Crippen molar-refractivity contribution in [2.24, 2.45) is 5.92 Å². The van der Waals surface area contributed by atoms with Crippen LogP contribution in [0.15, 0.2) is 6.33 Å². The van der Waals surface area contributed by atoms with E-state index in [0.717, 1.165) is 18.8 Å². The van der Waals surface area contributed by atoms with Crippen LogP contribution in [0.25, 0.3) is 0 Å². The van der Waals surface area contributed by atoms with Gasteiger partial charge in [-0.2, -0.15) is 28.6 Å². The third-order valence-electron chi connectivity index (χ3n) is 3.64. The lowest BCUT2D eigenvalue weighted by atomic mass is 10.1. The second-order valence-corrected chi connectivity index (χ2v) is 8.53. The van der Waals surface area contributed by atoms with Crippen molar-refractivity contribution < 1.29 is 0 Å². The molecule has 1 saturated heterocycles. The molecule has 3 unspecified atom stereocenters. The van der Waals surface area contributed by atoms with E-state index >= 15 is 0 Å². The van der Waals surface area contributed by atoms with Crippen LogP contribution in [0.4, 0.5) is 0 Å². The molecule has 1 aromatic rings. The molecule has 0 spiro atoms. The predicted molar refractivity (Wildman–Crippen MR) is 89.6 cm³/mol. The van der Waals surface area contributed by atoms with Crippen molar-refractivity contribution in [3.05, 3.63) is 12.2 Å². The summed E-state index contributed by atoms with van der Waals surface area (Å²) in [4.78, 5) is 4.47. The van der Waals surface area contributed by atoms with E-state index in [1.54, 1.807) is 6.33 Å². The van der Waals surface area contributed by atoms with Crippen molar-refractivity contribution in [2.45, 2.75) is 50.3 Å². The van der Waals surface area contributed by atoms with E-state index in [9.17, 15) is 0 Å². The van der Waals surface area contributed by atoms with Gasteiger partial charge in [-0.3, -0.25) is 0 Å². The van der Waals surface area contributed by atoms with E-state index in [0.29, 0.717) is 22.5 Å². The second-order valence-electron chi connectivity index (χ2n) is 5.76. The average molecular weight is 315 g/mol. The van der Waals surface area contributed by atoms with Crippen LogP contribution < -0.4 is 5.32 Å². The lowest BCUT2D eigenvalue weighted by Gasteiger charge is -2.34. The summed E-state index contributed by atoms with van der Waals surface area (Å²) < 4.78 is 2.07. The van der Waals surface area contributed by atoms with Crippen LogP contribution >= 0.6 is 23.5 Å². The van der Waals surface area contributed by atoms with E-state index in [-0.39, 0.29) is 0 Å². The Kier molecular flexibility index (Phi) is 6.23. The van der Waals surface area contributed by atoms with Crippen molar-refractivity contribution in [3.63, 3.8) is 0 Å². The van der Waals surface area contributed by atoms with Gasteiger partial charge in [-0.15, -0.1) is 0 Å². The van der Waals surface area contributed by atoms with E-state index in [4.69, 9.17) is 0 Å². The van der Waals surface area contributed by atoms with Crippen LogP contribution in [0.1, 0.15) is 26.6 Å². The molecule has 0 aromatic carbocycles. The fraction of sp³-hybridized carbons (Fsp3) is 0.857. The van der Waals surface area contributed by atoms with Crippen molar-refractivity contribution >= 4 is 23.5 Å². The molecule has 1 N–H and O–H groups in total. The van der Waals surface area contributed by atoms with Crippen LogP contribution in [0.2, 0.25) is 0 Å². The van der Waals surface area contributed by atoms with Gasteiger partial charge in [0.05, 0.1) is 0 Å². The van der Waals surface area contributed by atoms with Gasteiger partial charge in [0.1, 0.15) is 12.2 Å². The lowest BCUT2D eigenvalue weighted by Crippen LogP contribution is -2.44. The molecule has 0 radical (unpaired) electrons. The minimum absolute atomic E-state index is 0.470. The maximum Gasteiger partial charge on any atom is 0.138 e. The first-order valence-corrected chi connectivity index (χ1v) is 9.48. The van der Waals surface area contributed by atoms with Gasteiger partial charge in [0.2, 0.25) is 0 Å². The molecule has 1 aromatic heterocycles. The Hall–Kier alpha value is -0.200. The first-order chi connectivity index (χ1) is 9.61. The van der Waals surface area contributed by atoms with Gasteiger partial charge >= 0.3 is 0 Å². The predicted octanol–water partition coefficient (Wildman–Crippen LogP) is 2.30. The van der Waals surface area contributed by atoms with Gasteiger partial charge in [-0.25, -0.2) is 9.67 Å². The Morgan fingerprint density at radius 2 is 2.15 bits per heavy atom. The SMILES string of the molecule is CNC(Cc1ncnn1CC(C)C)C1SCCSC1C. The number of thioether (sulfide) groups is 2. The highest BCUT2D eigenvalue weighted by Crippen LogP contribution is 2.33. The summed E-state index contributed by atoms with van der Waals surface area (Å²) in [5.74, 6) is 4.25. The summed E-state index contributed by atoms with van der Waals surface area (Å²) in [6.45, 7) is 7.74. The topological polar surface area (TPSA) is 42.7 Å². The standard InChI is InChI=1S/C14H26N4S2/c1-10(2)8-18-13(16-9-17-18)7-12(15-4)14-11(3)19-5-6-20-14/h9-12,14-15H,5-8H2,1-4H3. The summed E-state index contributed by atoms with van der Waals surface area (Å²) in [6.07, 6.45) is 2.66. The molecule has 0 aliphatic carbocycles. The monoisotopic (exact) mass is 314 g/mol. The van der Waals surface area contributed by atoms with E-state index in [1.807, 2.05) is 0 Å². The molecule has 1 aliphatic heterocycles. The van der Waals surface area contributed by atoms with E-state index < -0.39 is 0 Å². The number of nitrogens with zero attached hydrogens (tertiary/aromatic N) is 3. The molecule has 20 heavy (non-hydrogen) atoms. The fourth-order valence-electron chi connectivity index (χ4n) is 2.62. The average Bonchev–Trinajstić information content (AvgIpc) is 2.83. The van der Waals surface area contributed by atoms with Crippen molar-refractivity contribution in [1.82, 2.24) is 20.1 Å². The first-order valence-electron chi connectivity index (χ1n) is 7.39. The molecule has 0 bridgehead atoms. The molecule has 1 fully saturated rings. The number of likely N-dealkylation sites (N-methyl/N-ethyl adjacent to an activating group) is 1. The van der Waals surface area contributed by atoms with Crippen molar-refractivity contribution in [2.75, 3.05) is 18.6 Å². The molecule has 0 amide bonds. The van der Waals surface area contributed by atoms with Crippen LogP contribution in [0.3, 0.4) is 0 Å². The molecule has 114 valence electrons. The highest BCUT2D eigenvalue weighted by molar-refractivity contribution is 8.07. The molecule has 6 heteroatoms. The normalized spacial score (nSPS) is 25.1. The number of rotatable bonds is 6. The zero-order chi connectivity index (χ0) is 14.5. The Morgan fingerprint density at radius 3 is 2.80 bits per heavy atom. The van der Waals surface area contributed by atoms with Gasteiger partial charge in [0.15, 0.2) is 0 Å². The summed E-state index contributed by atoms with van der Waals surface area (Å²) in [5, 5.41) is 9.24. The fourth-order valence-corrected chi connectivity index (χ4v) is 5.62. The molecule has 1 aliphatic rings. The number of hydrogen-bond donors (Lipinski definition) is 1. The summed E-state index contributed by atoms with van der Waals surface area (Å²) in [7, 11) is 2.07. The van der Waals surface area contributed by atoms with Crippen LogP contribution in [0.5, 0.6) is 0 Å². The molecular formula is C14H26N4S2. The number of hydrogen-bond acceptors (Lipinski definition) is 5. The Labute approximate surface area is 130 Å². The zero-order valence-corrected chi connectivity index (χ0v) is 14.5. The molecule has 2 heterocycles. The van der Waals surface area contributed by atoms with Crippen LogP contribution in [-0.4, -0.2) is 49.9 Å². The molecule has 3 atom stereocenters. The molecular weight excluding hydrogens is 288 g/mol. The highest BCUT2D eigenvalue weighted by atomic mass is 32.2. The Balaban J connectivity index is 2.04. The highest BCUT2D eigenvalue weighted by Gasteiger charge is 2.30. The molecule has 0 saturated carbocycles. The number of aromatic nitrogens is 3. The van der Waals surface area contributed by atoms with Crippen molar-refractivity contribution in [3.8, 4) is 0 Å². The largest absolute Gasteiger partial charge is 0.315 e. The van der Waals surface area contributed by atoms with Gasteiger partial charge in [0, 0.05) is 41.0 Å². The second kappa shape index (κ2) is 7.71. The van der Waals surface area contributed by atoms with Crippen LogP contribution in [-0.2, 0) is 13.0 Å². The van der Waals surface area contributed by atoms with Gasteiger partial charge in [-0.1, -0.05) is 20.8 Å². The van der Waals surface area contributed by atoms with Crippen LogP contribution in [0, 0.1) is 5.92 Å². The minimum Gasteiger partial charge on any atom is -0.315 e. The third-order valence-corrected chi connectivity index (χ3v) is 6.89. The smallest absolute Gasteiger partial charge is 0.138 e. The minimum atomic E-state index is 0.470. The Bertz CT molecular complexity index is 408. The Morgan fingerprint density at radius 1 is 1.40 bits per heavy atom. The summed E-state index contributed by atoms with van der Waals surface area (Å²) >= 11 is 4.20. The summed E-state index contributed by atoms with van der Waals surface area (Å²) in [5.41, 5.74) is 0. The number of nitrogens with one attached hydrogen (secondary N) is 1. The maximum atomic E-state index is 4.47. The van der Waals surface area contributed by atoms with E-state index in [1.165, 1.54) is 11.5 Å². The summed E-state index contributed by atoms with van der Waals surface area (Å²) in [6, 6.07) is 0.470. The van der Waals surface area contributed by atoms with Gasteiger partial charge in [0.25, 0.3) is 0 Å². The first kappa shape index (κ1) is 16.2. The van der Waals surface area contributed by atoms with Gasteiger partial charge in [-0.05, 0) is 13.0 Å².